The van der Waals surface area contributed by atoms with E-state index in [4.69, 9.17) is 9.47 Å². The fourth-order valence-electron chi connectivity index (χ4n) is 6.25. The molecule has 0 spiro atoms. The molecule has 2 aliphatic carbocycles. The molecule has 0 saturated heterocycles. The van der Waals surface area contributed by atoms with Crippen LogP contribution in [0, 0.1) is 0 Å². The zero-order valence-corrected chi connectivity index (χ0v) is 27.1. The Kier molecular flexibility index (Phi) is 10.5. The lowest BCUT2D eigenvalue weighted by molar-refractivity contribution is 0.0858. The molecule has 0 heterocycles. The molecule has 47 heavy (non-hydrogen) atoms. The highest BCUT2D eigenvalue weighted by atomic mass is 32.2. The average Bonchev–Trinajstić information content (AvgIpc) is 3.07. The van der Waals surface area contributed by atoms with Crippen molar-refractivity contribution in [3.8, 4) is 33.8 Å². The normalized spacial score (nSPS) is 15.5. The number of anilines is 2. The lowest BCUT2D eigenvalue weighted by atomic mass is 9.98. The van der Waals surface area contributed by atoms with Crippen LogP contribution in [0.3, 0.4) is 0 Å². The van der Waals surface area contributed by atoms with Gasteiger partial charge in [0, 0.05) is 20.9 Å². The summed E-state index contributed by atoms with van der Waals surface area (Å²) in [7, 11) is 0. The molecule has 0 atom stereocenters. The molecule has 0 bridgehead atoms. The van der Waals surface area contributed by atoms with Crippen molar-refractivity contribution in [1.29, 1.82) is 0 Å². The molecule has 9 heteroatoms. The molecule has 0 aliphatic heterocycles. The summed E-state index contributed by atoms with van der Waals surface area (Å²) in [6.45, 7) is 0. The summed E-state index contributed by atoms with van der Waals surface area (Å²) >= 11 is 1.49. The lowest BCUT2D eigenvalue weighted by Gasteiger charge is -2.22. The van der Waals surface area contributed by atoms with Crippen LogP contribution in [0.25, 0.3) is 22.3 Å². The second-order valence-corrected chi connectivity index (χ2v) is 13.3. The summed E-state index contributed by atoms with van der Waals surface area (Å²) in [5, 5.41) is 25.6. The van der Waals surface area contributed by atoms with Crippen LogP contribution in [-0.4, -0.2) is 34.6 Å². The molecule has 4 aromatic rings. The third-order valence-corrected chi connectivity index (χ3v) is 9.68. The fraction of sp³-hybridized carbons (Fsp3) is 0.316. The van der Waals surface area contributed by atoms with E-state index >= 15 is 0 Å². The van der Waals surface area contributed by atoms with Crippen LogP contribution in [0.15, 0.2) is 94.7 Å². The van der Waals surface area contributed by atoms with Crippen molar-refractivity contribution in [3.63, 3.8) is 0 Å². The Balaban J connectivity index is 1.26. The first-order valence-electron chi connectivity index (χ1n) is 16.4. The third kappa shape index (κ3) is 8.80. The summed E-state index contributed by atoms with van der Waals surface area (Å²) in [5.41, 5.74) is 4.46. The Labute approximate surface area is 279 Å². The SMILES string of the molecule is O=C(Nc1cc(Sc2ccc(-c3ccc(O)cc3)c(NC(=O)OC3CCCCC3)c2)ccc1-c1ccc(O)cc1)OC1CCCCC1. The standard InChI is InChI=1S/C38H40N2O6S/c41-27-15-11-25(12-16-27)33-21-19-31(23-35(33)39-37(43)45-29-7-3-1-4-8-29)47-32-20-22-34(26-13-17-28(42)18-14-26)36(24-32)40-38(44)46-30-9-5-2-6-10-30/h11-24,29-30,41-42H,1-10H2,(H,39,43)(H,40,44). The number of benzene rings is 4. The fourth-order valence-corrected chi connectivity index (χ4v) is 7.15. The van der Waals surface area contributed by atoms with E-state index in [9.17, 15) is 19.8 Å². The van der Waals surface area contributed by atoms with Crippen LogP contribution < -0.4 is 10.6 Å². The molecule has 2 saturated carbocycles. The first-order chi connectivity index (χ1) is 22.9. The van der Waals surface area contributed by atoms with Crippen LogP contribution in [-0.2, 0) is 9.47 Å². The van der Waals surface area contributed by atoms with Crippen LogP contribution in [0.2, 0.25) is 0 Å². The van der Waals surface area contributed by atoms with E-state index in [1.165, 1.54) is 24.6 Å². The maximum absolute atomic E-state index is 13.0. The van der Waals surface area contributed by atoms with Crippen molar-refractivity contribution in [2.75, 3.05) is 10.6 Å². The first kappa shape index (κ1) is 32.3. The molecule has 0 radical (unpaired) electrons. The van der Waals surface area contributed by atoms with Crippen molar-refractivity contribution in [1.82, 2.24) is 0 Å². The van der Waals surface area contributed by atoms with Gasteiger partial charge in [0.2, 0.25) is 0 Å². The molecule has 2 fully saturated rings. The number of carbonyl (C=O) groups is 2. The number of rotatable bonds is 8. The number of phenols is 2. The Morgan fingerprint density at radius 2 is 0.936 bits per heavy atom. The zero-order valence-electron chi connectivity index (χ0n) is 26.2. The van der Waals surface area contributed by atoms with E-state index < -0.39 is 12.2 Å². The van der Waals surface area contributed by atoms with Gasteiger partial charge in [0.15, 0.2) is 0 Å². The quantitative estimate of drug-likeness (QED) is 0.150. The van der Waals surface area contributed by atoms with Gasteiger partial charge in [-0.15, -0.1) is 0 Å². The van der Waals surface area contributed by atoms with Crippen molar-refractivity contribution in [2.24, 2.45) is 0 Å². The maximum atomic E-state index is 13.0. The minimum absolute atomic E-state index is 0.0822. The lowest BCUT2D eigenvalue weighted by Crippen LogP contribution is -2.24. The molecule has 0 aromatic heterocycles. The predicted molar refractivity (Wildman–Crippen MR) is 185 cm³/mol. The van der Waals surface area contributed by atoms with Crippen molar-refractivity contribution in [2.45, 2.75) is 86.2 Å². The van der Waals surface area contributed by atoms with Gasteiger partial charge in [-0.2, -0.15) is 0 Å². The number of ether oxygens (including phenoxy) is 2. The molecule has 2 aliphatic rings. The number of carbonyl (C=O) groups excluding carboxylic acids is 2. The monoisotopic (exact) mass is 652 g/mol. The van der Waals surface area contributed by atoms with Gasteiger partial charge in [0.05, 0.1) is 11.4 Å². The van der Waals surface area contributed by atoms with Gasteiger partial charge in [-0.1, -0.05) is 61.0 Å². The van der Waals surface area contributed by atoms with E-state index in [2.05, 4.69) is 10.6 Å². The number of nitrogens with one attached hydrogen (secondary N) is 2. The van der Waals surface area contributed by atoms with Crippen LogP contribution in [0.1, 0.15) is 64.2 Å². The van der Waals surface area contributed by atoms with E-state index in [0.29, 0.717) is 11.4 Å². The van der Waals surface area contributed by atoms with E-state index in [-0.39, 0.29) is 23.7 Å². The summed E-state index contributed by atoms with van der Waals surface area (Å²) in [6.07, 6.45) is 8.93. The number of hydrogen-bond donors (Lipinski definition) is 4. The second kappa shape index (κ2) is 15.3. The molecule has 8 nitrogen and oxygen atoms in total. The van der Waals surface area contributed by atoms with E-state index in [1.54, 1.807) is 24.3 Å². The summed E-state index contributed by atoms with van der Waals surface area (Å²) in [5.74, 6) is 0.324. The third-order valence-electron chi connectivity index (χ3n) is 8.70. The first-order valence-corrected chi connectivity index (χ1v) is 17.2. The van der Waals surface area contributed by atoms with E-state index in [1.807, 2.05) is 60.7 Å². The minimum Gasteiger partial charge on any atom is -0.508 e. The summed E-state index contributed by atoms with van der Waals surface area (Å²) < 4.78 is 11.5. The second-order valence-electron chi connectivity index (χ2n) is 12.2. The zero-order chi connectivity index (χ0) is 32.6. The largest absolute Gasteiger partial charge is 0.508 e. The summed E-state index contributed by atoms with van der Waals surface area (Å²) in [6, 6.07) is 25.3. The topological polar surface area (TPSA) is 117 Å². The smallest absolute Gasteiger partial charge is 0.411 e. The Morgan fingerprint density at radius 1 is 0.553 bits per heavy atom. The number of aromatic hydroxyl groups is 2. The van der Waals surface area contributed by atoms with Gasteiger partial charge in [-0.3, -0.25) is 10.6 Å². The Hall–Kier alpha value is -4.63. The summed E-state index contributed by atoms with van der Waals surface area (Å²) in [4.78, 5) is 27.8. The average molecular weight is 653 g/mol. The van der Waals surface area contributed by atoms with Gasteiger partial charge in [-0.05, 0) is 111 Å². The van der Waals surface area contributed by atoms with Crippen LogP contribution in [0.5, 0.6) is 11.5 Å². The van der Waals surface area contributed by atoms with Crippen molar-refractivity contribution >= 4 is 35.3 Å². The molecule has 4 aromatic carbocycles. The molecule has 244 valence electrons. The van der Waals surface area contributed by atoms with Crippen LogP contribution >= 0.6 is 11.8 Å². The molecule has 0 unspecified atom stereocenters. The van der Waals surface area contributed by atoms with E-state index in [0.717, 1.165) is 83.4 Å². The highest BCUT2D eigenvalue weighted by molar-refractivity contribution is 7.99. The molecule has 4 N–H and O–H groups in total. The highest BCUT2D eigenvalue weighted by Crippen LogP contribution is 2.39. The number of phenolic OH excluding ortho intramolecular Hbond substituents is 2. The molecule has 2 amide bonds. The molecule has 6 rings (SSSR count). The minimum atomic E-state index is -0.486. The number of amides is 2. The van der Waals surface area contributed by atoms with Gasteiger partial charge in [0.25, 0.3) is 0 Å². The molecular weight excluding hydrogens is 612 g/mol. The molecular formula is C38H40N2O6S. The van der Waals surface area contributed by atoms with Gasteiger partial charge < -0.3 is 19.7 Å². The van der Waals surface area contributed by atoms with Gasteiger partial charge in [-0.25, -0.2) is 9.59 Å². The van der Waals surface area contributed by atoms with Gasteiger partial charge in [0.1, 0.15) is 23.7 Å². The highest BCUT2D eigenvalue weighted by Gasteiger charge is 2.21. The maximum Gasteiger partial charge on any atom is 0.411 e. The predicted octanol–water partition coefficient (Wildman–Crippen LogP) is 10.3. The Morgan fingerprint density at radius 3 is 1.32 bits per heavy atom. The van der Waals surface area contributed by atoms with Crippen LogP contribution in [0.4, 0.5) is 21.0 Å². The van der Waals surface area contributed by atoms with Gasteiger partial charge >= 0.3 is 12.2 Å². The van der Waals surface area contributed by atoms with Crippen molar-refractivity contribution in [3.05, 3.63) is 84.9 Å². The van der Waals surface area contributed by atoms with Crippen molar-refractivity contribution < 1.29 is 29.3 Å². The number of hydrogen-bond acceptors (Lipinski definition) is 7. The Bertz CT molecular complexity index is 1550.